The number of carboxylic acids is 1. The molecule has 8 nitrogen and oxygen atoms in total. The molecule has 0 atom stereocenters. The summed E-state index contributed by atoms with van der Waals surface area (Å²) in [5.74, 6) is -0.187. The maximum Gasteiger partial charge on any atom is 0.411 e. The first-order valence-corrected chi connectivity index (χ1v) is 10.4. The summed E-state index contributed by atoms with van der Waals surface area (Å²) in [5.41, 5.74) is 3.26. The predicted octanol–water partition coefficient (Wildman–Crippen LogP) is 5.01. The number of hydrogen-bond donors (Lipinski definition) is 3. The van der Waals surface area contributed by atoms with E-state index in [9.17, 15) is 9.59 Å². The highest BCUT2D eigenvalue weighted by Crippen LogP contribution is 2.19. The van der Waals surface area contributed by atoms with Gasteiger partial charge in [-0.1, -0.05) is 26.2 Å². The van der Waals surface area contributed by atoms with Gasteiger partial charge in [0.1, 0.15) is 5.82 Å². The van der Waals surface area contributed by atoms with Crippen LogP contribution in [0.4, 0.5) is 16.2 Å². The second-order valence-electron chi connectivity index (χ2n) is 7.35. The standard InChI is InChI=1S/C23H28N4O4/c1-3-4-5-6-13-31-23(30)25-18-10-8-17(9-11-18)24-15-21-26-19-14-16(22(28)29)7-12-20(19)27(21)2/h7-12,14,24H,3-6,13,15H2,1-2H3,(H,25,30)(H,28,29). The summed E-state index contributed by atoms with van der Waals surface area (Å²) < 4.78 is 7.11. The number of rotatable bonds is 10. The number of hydrogen-bond acceptors (Lipinski definition) is 5. The fourth-order valence-corrected chi connectivity index (χ4v) is 3.24. The van der Waals surface area contributed by atoms with Crippen molar-refractivity contribution < 1.29 is 19.4 Å². The number of ether oxygens (including phenoxy) is 1. The molecule has 0 saturated carbocycles. The summed E-state index contributed by atoms with van der Waals surface area (Å²) in [5, 5.41) is 15.2. The smallest absolute Gasteiger partial charge is 0.411 e. The monoisotopic (exact) mass is 424 g/mol. The molecule has 0 aliphatic rings. The Morgan fingerprint density at radius 3 is 2.52 bits per heavy atom. The van der Waals surface area contributed by atoms with E-state index in [1.165, 1.54) is 0 Å². The minimum absolute atomic E-state index is 0.215. The molecule has 3 rings (SSSR count). The van der Waals surface area contributed by atoms with E-state index in [-0.39, 0.29) is 5.56 Å². The molecule has 1 aromatic heterocycles. The van der Waals surface area contributed by atoms with Crippen LogP contribution in [0.25, 0.3) is 11.0 Å². The van der Waals surface area contributed by atoms with Gasteiger partial charge in [0, 0.05) is 18.4 Å². The number of benzene rings is 2. The van der Waals surface area contributed by atoms with Crippen LogP contribution in [-0.2, 0) is 18.3 Å². The molecule has 164 valence electrons. The lowest BCUT2D eigenvalue weighted by Crippen LogP contribution is -2.14. The molecule has 8 heteroatoms. The van der Waals surface area contributed by atoms with Gasteiger partial charge >= 0.3 is 12.1 Å². The molecule has 0 spiro atoms. The number of aryl methyl sites for hydroxylation is 1. The highest BCUT2D eigenvalue weighted by Gasteiger charge is 2.11. The summed E-state index contributed by atoms with van der Waals surface area (Å²) in [4.78, 5) is 27.5. The van der Waals surface area contributed by atoms with Crippen LogP contribution in [0.1, 0.15) is 48.8 Å². The molecule has 1 heterocycles. The molecule has 0 saturated heterocycles. The quantitative estimate of drug-likeness (QED) is 0.395. The molecule has 1 amide bonds. The Balaban J connectivity index is 1.53. The van der Waals surface area contributed by atoms with Gasteiger partial charge < -0.3 is 19.7 Å². The van der Waals surface area contributed by atoms with E-state index in [4.69, 9.17) is 9.84 Å². The molecule has 3 N–H and O–H groups in total. The second kappa shape index (κ2) is 10.5. The summed E-state index contributed by atoms with van der Waals surface area (Å²) in [7, 11) is 1.90. The lowest BCUT2D eigenvalue weighted by atomic mass is 10.2. The van der Waals surface area contributed by atoms with Crippen molar-refractivity contribution in [2.45, 2.75) is 39.2 Å². The van der Waals surface area contributed by atoms with E-state index in [0.29, 0.717) is 24.4 Å². The van der Waals surface area contributed by atoms with E-state index in [2.05, 4.69) is 22.5 Å². The number of carbonyl (C=O) groups excluding carboxylic acids is 1. The topological polar surface area (TPSA) is 105 Å². The largest absolute Gasteiger partial charge is 0.478 e. The Morgan fingerprint density at radius 1 is 1.06 bits per heavy atom. The van der Waals surface area contributed by atoms with E-state index < -0.39 is 12.1 Å². The number of carboxylic acid groups (broad SMARTS) is 1. The number of fused-ring (bicyclic) bond motifs is 1. The van der Waals surface area contributed by atoms with Crippen LogP contribution < -0.4 is 10.6 Å². The molecule has 2 aromatic carbocycles. The van der Waals surface area contributed by atoms with Gasteiger partial charge in [0.2, 0.25) is 0 Å². The fourth-order valence-electron chi connectivity index (χ4n) is 3.24. The Labute approximate surface area is 181 Å². The minimum atomic E-state index is -0.971. The van der Waals surface area contributed by atoms with Crippen LogP contribution in [0, 0.1) is 0 Å². The van der Waals surface area contributed by atoms with Gasteiger partial charge in [-0.25, -0.2) is 14.6 Å². The third kappa shape index (κ3) is 5.97. The van der Waals surface area contributed by atoms with Gasteiger partial charge in [0.05, 0.1) is 29.7 Å². The van der Waals surface area contributed by atoms with Crippen LogP contribution in [0.3, 0.4) is 0 Å². The molecule has 0 fully saturated rings. The number of aromatic carboxylic acids is 1. The number of nitrogens with one attached hydrogen (secondary N) is 2. The number of anilines is 2. The second-order valence-corrected chi connectivity index (χ2v) is 7.35. The number of unbranched alkanes of at least 4 members (excludes halogenated alkanes) is 3. The SMILES string of the molecule is CCCCCCOC(=O)Nc1ccc(NCc2nc3cc(C(=O)O)ccc3n2C)cc1. The van der Waals surface area contributed by atoms with E-state index in [0.717, 1.165) is 42.7 Å². The Bertz CT molecular complexity index is 1040. The fraction of sp³-hybridized carbons (Fsp3) is 0.348. The molecule has 0 aliphatic carbocycles. The molecule has 3 aromatic rings. The van der Waals surface area contributed by atoms with Gasteiger partial charge in [0.25, 0.3) is 0 Å². The van der Waals surface area contributed by atoms with Crippen molar-refractivity contribution in [2.75, 3.05) is 17.2 Å². The van der Waals surface area contributed by atoms with E-state index >= 15 is 0 Å². The average Bonchev–Trinajstić information content (AvgIpc) is 3.08. The van der Waals surface area contributed by atoms with Gasteiger partial charge in [-0.3, -0.25) is 5.32 Å². The van der Waals surface area contributed by atoms with Gasteiger partial charge in [-0.05, 0) is 48.9 Å². The molecule has 0 unspecified atom stereocenters. The zero-order chi connectivity index (χ0) is 22.2. The van der Waals surface area contributed by atoms with Gasteiger partial charge in [-0.2, -0.15) is 0 Å². The molecule has 0 aliphatic heterocycles. The molecular formula is C23H28N4O4. The van der Waals surface area contributed by atoms with Crippen molar-refractivity contribution >= 4 is 34.5 Å². The van der Waals surface area contributed by atoms with Crippen LogP contribution in [0.2, 0.25) is 0 Å². The molecule has 0 bridgehead atoms. The number of aromatic nitrogens is 2. The molecule has 0 radical (unpaired) electrons. The van der Waals surface area contributed by atoms with E-state index in [1.54, 1.807) is 30.3 Å². The van der Waals surface area contributed by atoms with Crippen molar-refractivity contribution in [2.24, 2.45) is 7.05 Å². The highest BCUT2D eigenvalue weighted by atomic mass is 16.5. The first-order chi connectivity index (χ1) is 15.0. The van der Waals surface area contributed by atoms with Crippen molar-refractivity contribution in [1.29, 1.82) is 0 Å². The summed E-state index contributed by atoms with van der Waals surface area (Å²) >= 11 is 0. The third-order valence-electron chi connectivity index (χ3n) is 5.03. The first-order valence-electron chi connectivity index (χ1n) is 10.4. The minimum Gasteiger partial charge on any atom is -0.478 e. The van der Waals surface area contributed by atoms with Crippen LogP contribution in [0.15, 0.2) is 42.5 Å². The summed E-state index contributed by atoms with van der Waals surface area (Å²) in [6.45, 7) is 3.04. The molecular weight excluding hydrogens is 396 g/mol. The lowest BCUT2D eigenvalue weighted by Gasteiger charge is -2.09. The Kier molecular flexibility index (Phi) is 7.48. The maximum atomic E-state index is 11.8. The van der Waals surface area contributed by atoms with Crippen molar-refractivity contribution in [3.63, 3.8) is 0 Å². The number of carbonyl (C=O) groups is 2. The number of imidazole rings is 1. The third-order valence-corrected chi connectivity index (χ3v) is 5.03. The number of amides is 1. The Hall–Kier alpha value is -3.55. The summed E-state index contributed by atoms with van der Waals surface area (Å²) in [6.07, 6.45) is 3.80. The zero-order valence-electron chi connectivity index (χ0n) is 17.9. The zero-order valence-corrected chi connectivity index (χ0v) is 17.9. The summed E-state index contributed by atoms with van der Waals surface area (Å²) in [6, 6.07) is 12.2. The van der Waals surface area contributed by atoms with Gasteiger partial charge in [-0.15, -0.1) is 0 Å². The van der Waals surface area contributed by atoms with Crippen molar-refractivity contribution in [3.8, 4) is 0 Å². The van der Waals surface area contributed by atoms with E-state index in [1.807, 2.05) is 23.7 Å². The highest BCUT2D eigenvalue weighted by molar-refractivity contribution is 5.92. The van der Waals surface area contributed by atoms with Gasteiger partial charge in [0.15, 0.2) is 0 Å². The molecule has 31 heavy (non-hydrogen) atoms. The predicted molar refractivity (Wildman–Crippen MR) is 121 cm³/mol. The van der Waals surface area contributed by atoms with Crippen molar-refractivity contribution in [3.05, 3.63) is 53.9 Å². The van der Waals surface area contributed by atoms with Crippen molar-refractivity contribution in [1.82, 2.24) is 9.55 Å². The normalized spacial score (nSPS) is 10.8. The average molecular weight is 425 g/mol. The lowest BCUT2D eigenvalue weighted by molar-refractivity contribution is 0.0697. The van der Waals surface area contributed by atoms with Crippen LogP contribution >= 0.6 is 0 Å². The first kappa shape index (κ1) is 22.1. The maximum absolute atomic E-state index is 11.8. The number of nitrogens with zero attached hydrogens (tertiary/aromatic N) is 2. The van der Waals surface area contributed by atoms with Crippen LogP contribution in [-0.4, -0.2) is 33.3 Å². The van der Waals surface area contributed by atoms with Crippen LogP contribution in [0.5, 0.6) is 0 Å². The Morgan fingerprint density at radius 2 is 1.81 bits per heavy atom.